The lowest BCUT2D eigenvalue weighted by Gasteiger charge is -2.38. The summed E-state index contributed by atoms with van der Waals surface area (Å²) < 4.78 is 11.7. The van der Waals surface area contributed by atoms with Crippen molar-refractivity contribution in [2.75, 3.05) is 13.2 Å². The van der Waals surface area contributed by atoms with Gasteiger partial charge in [0.15, 0.2) is 0 Å². The smallest absolute Gasteiger partial charge is 0.224 e. The molecule has 1 N–H and O–H groups in total. The predicted octanol–water partition coefficient (Wildman–Crippen LogP) is 3.19. The van der Waals surface area contributed by atoms with Crippen LogP contribution in [0.3, 0.4) is 0 Å². The first kappa shape index (κ1) is 15.9. The number of rotatable bonds is 4. The molecule has 24 heavy (non-hydrogen) atoms. The van der Waals surface area contributed by atoms with Gasteiger partial charge in [-0.05, 0) is 52.0 Å². The lowest BCUT2D eigenvalue weighted by molar-refractivity contribution is -0.123. The Morgan fingerprint density at radius 2 is 2.17 bits per heavy atom. The van der Waals surface area contributed by atoms with Crippen LogP contribution < -0.4 is 10.1 Å². The highest BCUT2D eigenvalue weighted by Gasteiger charge is 2.63. The summed E-state index contributed by atoms with van der Waals surface area (Å²) in [6.45, 7) is 5.83. The first-order chi connectivity index (χ1) is 11.5. The molecular weight excluding hydrogens is 302 g/mol. The molecule has 130 valence electrons. The molecule has 1 saturated heterocycles. The number of carbonyl (C=O) groups excluding carboxylic acids is 1. The summed E-state index contributed by atoms with van der Waals surface area (Å²) >= 11 is 0. The van der Waals surface area contributed by atoms with E-state index in [9.17, 15) is 4.79 Å². The van der Waals surface area contributed by atoms with Gasteiger partial charge >= 0.3 is 0 Å². The molecular formula is C20H27NO3. The van der Waals surface area contributed by atoms with Crippen LogP contribution in [-0.2, 0) is 14.9 Å². The van der Waals surface area contributed by atoms with Crippen molar-refractivity contribution in [3.05, 3.63) is 29.8 Å². The van der Waals surface area contributed by atoms with E-state index in [1.165, 1.54) is 5.56 Å². The topological polar surface area (TPSA) is 47.6 Å². The number of ether oxygens (including phenoxy) is 2. The lowest BCUT2D eigenvalue weighted by atomic mass is 9.80. The van der Waals surface area contributed by atoms with Crippen molar-refractivity contribution in [3.8, 4) is 5.75 Å². The molecule has 1 amide bonds. The standard InChI is InChI=1S/C20H27NO3/c1-19(2)13-20(15-7-3-4-8-17(15)24-19)12-16(20)18(22)21-10-9-14-6-5-11-23-14/h3-4,7-8,14,16H,5-6,9-13H2,1-2H3,(H,21,22)/t14-,16+,20-/m0/s1. The van der Waals surface area contributed by atoms with E-state index in [1.807, 2.05) is 18.2 Å². The van der Waals surface area contributed by atoms with Crippen molar-refractivity contribution in [2.24, 2.45) is 5.92 Å². The van der Waals surface area contributed by atoms with Crippen LogP contribution >= 0.6 is 0 Å². The zero-order valence-corrected chi connectivity index (χ0v) is 14.6. The minimum Gasteiger partial charge on any atom is -0.488 e. The van der Waals surface area contributed by atoms with Crippen molar-refractivity contribution < 1.29 is 14.3 Å². The first-order valence-corrected chi connectivity index (χ1v) is 9.18. The summed E-state index contributed by atoms with van der Waals surface area (Å²) in [5.41, 5.74) is 0.955. The third-order valence-electron chi connectivity index (χ3n) is 5.73. The fraction of sp³-hybridized carbons (Fsp3) is 0.650. The highest BCUT2D eigenvalue weighted by molar-refractivity contribution is 5.85. The second-order valence-corrected chi connectivity index (χ2v) is 8.16. The molecule has 0 aromatic heterocycles. The van der Waals surface area contributed by atoms with Gasteiger partial charge in [-0.15, -0.1) is 0 Å². The third kappa shape index (κ3) is 2.81. The van der Waals surface area contributed by atoms with Gasteiger partial charge in [0.2, 0.25) is 5.91 Å². The fourth-order valence-electron chi connectivity index (χ4n) is 4.65. The molecule has 2 aliphatic heterocycles. The SMILES string of the molecule is CC1(C)C[C@@]2(C[C@@H]2C(=O)NCC[C@@H]2CCCO2)c2ccccc2O1. The van der Waals surface area contributed by atoms with Crippen LogP contribution in [0.1, 0.15) is 51.5 Å². The van der Waals surface area contributed by atoms with Gasteiger partial charge in [0, 0.05) is 30.0 Å². The Morgan fingerprint density at radius 3 is 2.96 bits per heavy atom. The highest BCUT2D eigenvalue weighted by atomic mass is 16.5. The summed E-state index contributed by atoms with van der Waals surface area (Å²) in [5.74, 6) is 1.22. The fourth-order valence-corrected chi connectivity index (χ4v) is 4.65. The monoisotopic (exact) mass is 329 g/mol. The second-order valence-electron chi connectivity index (χ2n) is 8.16. The van der Waals surface area contributed by atoms with Crippen LogP contribution in [-0.4, -0.2) is 30.8 Å². The largest absolute Gasteiger partial charge is 0.488 e. The number of amides is 1. The first-order valence-electron chi connectivity index (χ1n) is 9.18. The van der Waals surface area contributed by atoms with Crippen molar-refractivity contribution in [3.63, 3.8) is 0 Å². The minimum absolute atomic E-state index is 0.0354. The van der Waals surface area contributed by atoms with E-state index in [4.69, 9.17) is 9.47 Å². The maximum atomic E-state index is 12.7. The minimum atomic E-state index is -0.221. The van der Waals surface area contributed by atoms with Crippen LogP contribution in [0.5, 0.6) is 5.75 Å². The van der Waals surface area contributed by atoms with Crippen LogP contribution in [0.4, 0.5) is 0 Å². The average Bonchev–Trinajstić information content (AvgIpc) is 2.99. The Bertz CT molecular complexity index is 636. The normalized spacial score (nSPS) is 32.9. The summed E-state index contributed by atoms with van der Waals surface area (Å²) in [4.78, 5) is 12.7. The highest BCUT2D eigenvalue weighted by Crippen LogP contribution is 2.63. The average molecular weight is 329 g/mol. The van der Waals surface area contributed by atoms with E-state index >= 15 is 0 Å². The summed E-state index contributed by atoms with van der Waals surface area (Å²) in [7, 11) is 0. The number of benzene rings is 1. The van der Waals surface area contributed by atoms with Gasteiger partial charge in [0.1, 0.15) is 11.4 Å². The van der Waals surface area contributed by atoms with E-state index in [-0.39, 0.29) is 22.8 Å². The third-order valence-corrected chi connectivity index (χ3v) is 5.73. The van der Waals surface area contributed by atoms with Gasteiger partial charge in [-0.3, -0.25) is 4.79 Å². The Labute approximate surface area is 143 Å². The molecule has 1 aromatic rings. The van der Waals surface area contributed by atoms with Gasteiger partial charge in [-0.25, -0.2) is 0 Å². The Hall–Kier alpha value is -1.55. The molecule has 4 nitrogen and oxygen atoms in total. The maximum Gasteiger partial charge on any atom is 0.224 e. The Morgan fingerprint density at radius 1 is 1.33 bits per heavy atom. The number of fused-ring (bicyclic) bond motifs is 2. The lowest BCUT2D eigenvalue weighted by Crippen LogP contribution is -2.40. The molecule has 3 aliphatic rings. The van der Waals surface area contributed by atoms with Crippen molar-refractivity contribution in [1.82, 2.24) is 5.32 Å². The van der Waals surface area contributed by atoms with Crippen LogP contribution in [0.15, 0.2) is 24.3 Å². The number of carbonyl (C=O) groups is 1. The summed E-state index contributed by atoms with van der Waals surface area (Å²) in [5, 5.41) is 3.14. The number of para-hydroxylation sites is 1. The summed E-state index contributed by atoms with van der Waals surface area (Å²) in [6, 6.07) is 8.22. The molecule has 1 aliphatic carbocycles. The molecule has 0 unspecified atom stereocenters. The molecule has 0 radical (unpaired) electrons. The molecule has 3 atom stereocenters. The zero-order chi connectivity index (χ0) is 16.8. The van der Waals surface area contributed by atoms with Crippen LogP contribution in [0.2, 0.25) is 0 Å². The Balaban J connectivity index is 1.42. The molecule has 1 aromatic carbocycles. The van der Waals surface area contributed by atoms with Gasteiger partial charge in [0.25, 0.3) is 0 Å². The van der Waals surface area contributed by atoms with E-state index in [2.05, 4.69) is 25.2 Å². The van der Waals surface area contributed by atoms with E-state index in [0.29, 0.717) is 6.10 Å². The molecule has 0 bridgehead atoms. The molecule has 1 spiro atoms. The molecule has 2 heterocycles. The van der Waals surface area contributed by atoms with Crippen molar-refractivity contribution in [1.29, 1.82) is 0 Å². The van der Waals surface area contributed by atoms with Gasteiger partial charge < -0.3 is 14.8 Å². The zero-order valence-electron chi connectivity index (χ0n) is 14.6. The van der Waals surface area contributed by atoms with E-state index < -0.39 is 0 Å². The molecule has 2 fully saturated rings. The van der Waals surface area contributed by atoms with E-state index in [1.54, 1.807) is 0 Å². The van der Waals surface area contributed by atoms with Crippen LogP contribution in [0, 0.1) is 5.92 Å². The number of nitrogens with one attached hydrogen (secondary N) is 1. The predicted molar refractivity (Wildman–Crippen MR) is 92.2 cm³/mol. The maximum absolute atomic E-state index is 12.7. The van der Waals surface area contributed by atoms with Gasteiger partial charge in [-0.1, -0.05) is 18.2 Å². The van der Waals surface area contributed by atoms with Crippen LogP contribution in [0.25, 0.3) is 0 Å². The number of hydrogen-bond acceptors (Lipinski definition) is 3. The van der Waals surface area contributed by atoms with Crippen molar-refractivity contribution >= 4 is 5.91 Å². The van der Waals surface area contributed by atoms with E-state index in [0.717, 1.165) is 51.0 Å². The number of hydrogen-bond donors (Lipinski definition) is 1. The van der Waals surface area contributed by atoms with Crippen molar-refractivity contribution in [2.45, 2.75) is 63.1 Å². The molecule has 4 heteroatoms. The van der Waals surface area contributed by atoms with Gasteiger partial charge in [-0.2, -0.15) is 0 Å². The second kappa shape index (κ2) is 5.76. The summed E-state index contributed by atoms with van der Waals surface area (Å²) in [6.07, 6.45) is 5.37. The molecule has 1 saturated carbocycles. The molecule has 4 rings (SSSR count). The quantitative estimate of drug-likeness (QED) is 0.923. The Kier molecular flexibility index (Phi) is 3.83. The van der Waals surface area contributed by atoms with Gasteiger partial charge in [0.05, 0.1) is 6.10 Å².